The van der Waals surface area contributed by atoms with Crippen molar-refractivity contribution in [1.82, 2.24) is 4.90 Å². The molecule has 1 aliphatic rings. The topological polar surface area (TPSA) is 82.1 Å². The van der Waals surface area contributed by atoms with Crippen molar-refractivity contribution in [2.45, 2.75) is 51.9 Å². The summed E-state index contributed by atoms with van der Waals surface area (Å²) in [6.07, 6.45) is -0.359. The Morgan fingerprint density at radius 1 is 1.06 bits per heavy atom. The second-order valence-electron chi connectivity index (χ2n) is 8.32. The van der Waals surface area contributed by atoms with Gasteiger partial charge < -0.3 is 14.2 Å². The Hall–Kier alpha value is -3.35. The minimum absolute atomic E-state index is 0.100. The maximum atomic E-state index is 12.6. The number of Topliss-reactive ketones (excluding diaryl/α,β-unsaturated/α-hetero) is 1. The summed E-state index contributed by atoms with van der Waals surface area (Å²) in [5.74, 6) is 0.0117. The predicted molar refractivity (Wildman–Crippen MR) is 114 cm³/mol. The van der Waals surface area contributed by atoms with E-state index in [0.29, 0.717) is 17.9 Å². The molecule has 0 N–H and O–H groups in total. The summed E-state index contributed by atoms with van der Waals surface area (Å²) in [7, 11) is 0. The van der Waals surface area contributed by atoms with E-state index in [9.17, 15) is 14.4 Å². The van der Waals surface area contributed by atoms with Crippen molar-refractivity contribution in [3.63, 3.8) is 0 Å². The molecular weight excluding hydrogens is 398 g/mol. The molecule has 1 heterocycles. The standard InChI is InChI=1S/C24H27NO6/c1-24(2,3)31-23(28)25-16-30-22(27)20(25)13-14-21(26)18-9-11-19(12-10-18)29-15-17-7-5-4-6-8-17/h4-12,20H,13-16H2,1-3H3. The van der Waals surface area contributed by atoms with Crippen molar-refractivity contribution < 1.29 is 28.6 Å². The molecule has 0 bridgehead atoms. The third-order valence-electron chi connectivity index (χ3n) is 4.69. The van der Waals surface area contributed by atoms with E-state index in [1.54, 1.807) is 45.0 Å². The number of nitrogens with zero attached hydrogens (tertiary/aromatic N) is 1. The van der Waals surface area contributed by atoms with Gasteiger partial charge in [-0.15, -0.1) is 0 Å². The van der Waals surface area contributed by atoms with E-state index in [-0.39, 0.29) is 25.4 Å². The number of amides is 1. The lowest BCUT2D eigenvalue weighted by Crippen LogP contribution is -2.41. The van der Waals surface area contributed by atoms with Gasteiger partial charge in [0.15, 0.2) is 12.5 Å². The SMILES string of the molecule is CC(C)(C)OC(=O)N1COC(=O)C1CCC(=O)c1ccc(OCc2ccccc2)cc1. The molecule has 3 rings (SSSR count). The lowest BCUT2D eigenvalue weighted by atomic mass is 10.0. The smallest absolute Gasteiger partial charge is 0.413 e. The molecule has 1 atom stereocenters. The summed E-state index contributed by atoms with van der Waals surface area (Å²) in [4.78, 5) is 38.1. The number of ketones is 1. The molecule has 2 aromatic carbocycles. The van der Waals surface area contributed by atoms with Crippen molar-refractivity contribution >= 4 is 17.8 Å². The highest BCUT2D eigenvalue weighted by molar-refractivity contribution is 5.96. The first-order valence-corrected chi connectivity index (χ1v) is 10.2. The lowest BCUT2D eigenvalue weighted by molar-refractivity contribution is -0.139. The lowest BCUT2D eigenvalue weighted by Gasteiger charge is -2.25. The largest absolute Gasteiger partial charge is 0.489 e. The number of esters is 1. The number of benzene rings is 2. The molecule has 0 aliphatic carbocycles. The molecular formula is C24H27NO6. The van der Waals surface area contributed by atoms with Gasteiger partial charge in [0, 0.05) is 12.0 Å². The molecule has 31 heavy (non-hydrogen) atoms. The van der Waals surface area contributed by atoms with Crippen LogP contribution in [-0.2, 0) is 20.9 Å². The van der Waals surface area contributed by atoms with E-state index >= 15 is 0 Å². The zero-order valence-electron chi connectivity index (χ0n) is 18.0. The van der Waals surface area contributed by atoms with Crippen LogP contribution in [0.2, 0.25) is 0 Å². The van der Waals surface area contributed by atoms with Crippen LogP contribution < -0.4 is 4.74 Å². The van der Waals surface area contributed by atoms with E-state index in [4.69, 9.17) is 14.2 Å². The third kappa shape index (κ3) is 6.31. The monoisotopic (exact) mass is 425 g/mol. The third-order valence-corrected chi connectivity index (χ3v) is 4.69. The van der Waals surface area contributed by atoms with Crippen LogP contribution >= 0.6 is 0 Å². The van der Waals surface area contributed by atoms with Crippen molar-refractivity contribution in [2.24, 2.45) is 0 Å². The Morgan fingerprint density at radius 2 is 1.74 bits per heavy atom. The summed E-state index contributed by atoms with van der Waals surface area (Å²) in [6, 6.07) is 15.9. The Morgan fingerprint density at radius 3 is 2.39 bits per heavy atom. The summed E-state index contributed by atoms with van der Waals surface area (Å²) < 4.78 is 16.0. The zero-order valence-corrected chi connectivity index (χ0v) is 18.0. The minimum atomic E-state index is -0.827. The molecule has 0 radical (unpaired) electrons. The van der Waals surface area contributed by atoms with Gasteiger partial charge in [-0.05, 0) is 57.0 Å². The Balaban J connectivity index is 1.53. The molecule has 0 saturated carbocycles. The summed E-state index contributed by atoms with van der Waals surface area (Å²) >= 11 is 0. The van der Waals surface area contributed by atoms with Gasteiger partial charge in [0.05, 0.1) is 0 Å². The molecule has 1 aliphatic heterocycles. The van der Waals surface area contributed by atoms with Gasteiger partial charge in [-0.1, -0.05) is 30.3 Å². The molecule has 7 heteroatoms. The van der Waals surface area contributed by atoms with Crippen LogP contribution in [-0.4, -0.2) is 41.1 Å². The van der Waals surface area contributed by atoms with Gasteiger partial charge in [-0.25, -0.2) is 9.59 Å². The summed E-state index contributed by atoms with van der Waals surface area (Å²) in [5, 5.41) is 0. The normalized spacial score (nSPS) is 16.0. The second-order valence-corrected chi connectivity index (χ2v) is 8.32. The average Bonchev–Trinajstić information content (AvgIpc) is 3.11. The van der Waals surface area contributed by atoms with Gasteiger partial charge in [0.2, 0.25) is 0 Å². The highest BCUT2D eigenvalue weighted by Gasteiger charge is 2.39. The van der Waals surface area contributed by atoms with Gasteiger partial charge in [-0.2, -0.15) is 0 Å². The van der Waals surface area contributed by atoms with Crippen LogP contribution in [0.4, 0.5) is 4.79 Å². The molecule has 1 saturated heterocycles. The van der Waals surface area contributed by atoms with Crippen LogP contribution in [0, 0.1) is 0 Å². The minimum Gasteiger partial charge on any atom is -0.489 e. The van der Waals surface area contributed by atoms with Crippen molar-refractivity contribution in [3.8, 4) is 5.75 Å². The molecule has 0 spiro atoms. The van der Waals surface area contributed by atoms with E-state index in [0.717, 1.165) is 5.56 Å². The van der Waals surface area contributed by atoms with E-state index in [1.165, 1.54) is 4.90 Å². The fourth-order valence-electron chi connectivity index (χ4n) is 3.11. The first-order chi connectivity index (χ1) is 14.7. The van der Waals surface area contributed by atoms with Gasteiger partial charge in [-0.3, -0.25) is 9.69 Å². The van der Waals surface area contributed by atoms with E-state index in [2.05, 4.69) is 0 Å². The molecule has 164 valence electrons. The first kappa shape index (κ1) is 22.3. The molecule has 1 unspecified atom stereocenters. The fourth-order valence-corrected chi connectivity index (χ4v) is 3.11. The van der Waals surface area contributed by atoms with Crippen LogP contribution in [0.15, 0.2) is 54.6 Å². The first-order valence-electron chi connectivity index (χ1n) is 10.2. The Kier molecular flexibility index (Phi) is 6.95. The molecule has 0 aromatic heterocycles. The van der Waals surface area contributed by atoms with Crippen molar-refractivity contribution in [3.05, 3.63) is 65.7 Å². The van der Waals surface area contributed by atoms with Crippen LogP contribution in [0.1, 0.15) is 49.5 Å². The number of carbonyl (C=O) groups excluding carboxylic acids is 3. The van der Waals surface area contributed by atoms with Crippen molar-refractivity contribution in [2.75, 3.05) is 6.73 Å². The fraction of sp³-hybridized carbons (Fsp3) is 0.375. The molecule has 2 aromatic rings. The van der Waals surface area contributed by atoms with Crippen LogP contribution in [0.5, 0.6) is 5.75 Å². The number of rotatable bonds is 7. The number of carbonyl (C=O) groups is 3. The zero-order chi connectivity index (χ0) is 22.4. The quantitative estimate of drug-likeness (QED) is 0.485. The molecule has 1 fully saturated rings. The number of hydrogen-bond acceptors (Lipinski definition) is 6. The van der Waals surface area contributed by atoms with E-state index < -0.39 is 23.7 Å². The highest BCUT2D eigenvalue weighted by Crippen LogP contribution is 2.22. The van der Waals surface area contributed by atoms with Gasteiger partial charge in [0.25, 0.3) is 0 Å². The van der Waals surface area contributed by atoms with Gasteiger partial charge in [0.1, 0.15) is 24.0 Å². The van der Waals surface area contributed by atoms with Crippen LogP contribution in [0.3, 0.4) is 0 Å². The number of ether oxygens (including phenoxy) is 3. The Bertz CT molecular complexity index is 917. The predicted octanol–water partition coefficient (Wildman–Crippen LogP) is 4.35. The van der Waals surface area contributed by atoms with E-state index in [1.807, 2.05) is 30.3 Å². The summed E-state index contributed by atoms with van der Waals surface area (Å²) in [5.41, 5.74) is 0.885. The maximum Gasteiger partial charge on any atom is 0.413 e. The second kappa shape index (κ2) is 9.64. The molecule has 7 nitrogen and oxygen atoms in total. The average molecular weight is 425 g/mol. The maximum absolute atomic E-state index is 12.6. The highest BCUT2D eigenvalue weighted by atomic mass is 16.6. The Labute approximate surface area is 181 Å². The molecule has 1 amide bonds. The van der Waals surface area contributed by atoms with Gasteiger partial charge >= 0.3 is 12.1 Å². The number of cyclic esters (lactones) is 1. The van der Waals surface area contributed by atoms with Crippen LogP contribution in [0.25, 0.3) is 0 Å². The van der Waals surface area contributed by atoms with Crippen molar-refractivity contribution in [1.29, 1.82) is 0 Å². The summed E-state index contributed by atoms with van der Waals surface area (Å²) in [6.45, 7) is 5.51. The number of hydrogen-bond donors (Lipinski definition) is 0.